The molecule has 110 valence electrons. The SMILES string of the molecule is CCNc1cnc(COc2ccc([N+](=O)[O-])cc2F)cn1. The molecule has 0 amide bonds. The number of nitro groups is 1. The standard InChI is InChI=1S/C13H13FN4O3/c1-2-15-13-7-16-9(6-17-13)8-21-12-4-3-10(18(19)20)5-11(12)14/h3-7H,2,8H2,1H3,(H,15,17). The van der Waals surface area contributed by atoms with Crippen LogP contribution in [0.4, 0.5) is 15.9 Å². The first-order valence-corrected chi connectivity index (χ1v) is 6.21. The summed E-state index contributed by atoms with van der Waals surface area (Å²) in [5.41, 5.74) is 0.198. The molecule has 0 spiro atoms. The highest BCUT2D eigenvalue weighted by Gasteiger charge is 2.11. The number of nitro benzene ring substituents is 1. The molecule has 7 nitrogen and oxygen atoms in total. The normalized spacial score (nSPS) is 10.2. The molecular formula is C13H13FN4O3. The van der Waals surface area contributed by atoms with Crippen molar-refractivity contribution in [2.45, 2.75) is 13.5 Å². The average molecular weight is 292 g/mol. The maximum absolute atomic E-state index is 13.6. The third-order valence-corrected chi connectivity index (χ3v) is 2.57. The minimum absolute atomic E-state index is 0.0220. The molecule has 1 heterocycles. The molecule has 0 atom stereocenters. The molecule has 0 saturated carbocycles. The van der Waals surface area contributed by atoms with Gasteiger partial charge in [0.25, 0.3) is 5.69 Å². The summed E-state index contributed by atoms with van der Waals surface area (Å²) in [6.07, 6.45) is 3.07. The fraction of sp³-hybridized carbons (Fsp3) is 0.231. The van der Waals surface area contributed by atoms with Gasteiger partial charge in [-0.2, -0.15) is 0 Å². The molecule has 2 rings (SSSR count). The second kappa shape index (κ2) is 6.60. The quantitative estimate of drug-likeness (QED) is 0.650. The smallest absolute Gasteiger partial charge is 0.272 e. The summed E-state index contributed by atoms with van der Waals surface area (Å²) in [4.78, 5) is 18.0. The van der Waals surface area contributed by atoms with Gasteiger partial charge < -0.3 is 10.1 Å². The Morgan fingerprint density at radius 3 is 2.76 bits per heavy atom. The highest BCUT2D eigenvalue weighted by Crippen LogP contribution is 2.23. The van der Waals surface area contributed by atoms with E-state index in [-0.39, 0.29) is 18.0 Å². The van der Waals surface area contributed by atoms with Crippen molar-refractivity contribution in [3.05, 3.63) is 52.2 Å². The topological polar surface area (TPSA) is 90.2 Å². The summed E-state index contributed by atoms with van der Waals surface area (Å²) < 4.78 is 18.8. The third kappa shape index (κ3) is 3.85. The van der Waals surface area contributed by atoms with E-state index in [9.17, 15) is 14.5 Å². The molecule has 1 N–H and O–H groups in total. The number of ether oxygens (including phenoxy) is 1. The van der Waals surface area contributed by atoms with Crippen molar-refractivity contribution in [1.29, 1.82) is 0 Å². The molecule has 0 aliphatic heterocycles. The van der Waals surface area contributed by atoms with E-state index in [1.54, 1.807) is 6.20 Å². The van der Waals surface area contributed by atoms with Crippen LogP contribution in [0.5, 0.6) is 5.75 Å². The van der Waals surface area contributed by atoms with E-state index >= 15 is 0 Å². The van der Waals surface area contributed by atoms with E-state index in [0.717, 1.165) is 12.6 Å². The average Bonchev–Trinajstić information content (AvgIpc) is 2.47. The highest BCUT2D eigenvalue weighted by molar-refractivity contribution is 5.37. The van der Waals surface area contributed by atoms with E-state index in [4.69, 9.17) is 4.74 Å². The molecule has 1 aromatic heterocycles. The van der Waals surface area contributed by atoms with Crippen LogP contribution in [-0.4, -0.2) is 21.4 Å². The number of non-ortho nitro benzene ring substituents is 1. The maximum Gasteiger partial charge on any atom is 0.272 e. The van der Waals surface area contributed by atoms with Gasteiger partial charge >= 0.3 is 0 Å². The van der Waals surface area contributed by atoms with Gasteiger partial charge in [0.2, 0.25) is 0 Å². The van der Waals surface area contributed by atoms with Gasteiger partial charge in [-0.05, 0) is 13.0 Å². The van der Waals surface area contributed by atoms with Gasteiger partial charge in [-0.1, -0.05) is 0 Å². The molecular weight excluding hydrogens is 279 g/mol. The number of hydrogen-bond donors (Lipinski definition) is 1. The molecule has 0 aliphatic carbocycles. The molecule has 0 unspecified atom stereocenters. The van der Waals surface area contributed by atoms with E-state index < -0.39 is 10.7 Å². The monoisotopic (exact) mass is 292 g/mol. The molecule has 2 aromatic rings. The van der Waals surface area contributed by atoms with Crippen molar-refractivity contribution in [2.24, 2.45) is 0 Å². The summed E-state index contributed by atoms with van der Waals surface area (Å²) in [5.74, 6) is -0.220. The lowest BCUT2D eigenvalue weighted by Crippen LogP contribution is -2.04. The predicted octanol–water partition coefficient (Wildman–Crippen LogP) is 2.53. The molecule has 0 aliphatic rings. The van der Waals surface area contributed by atoms with Gasteiger partial charge in [-0.3, -0.25) is 15.1 Å². The lowest BCUT2D eigenvalue weighted by molar-refractivity contribution is -0.385. The molecule has 1 aromatic carbocycles. The van der Waals surface area contributed by atoms with E-state index in [1.807, 2.05) is 6.92 Å². The first-order chi connectivity index (χ1) is 10.1. The molecule has 0 bridgehead atoms. The minimum atomic E-state index is -0.790. The molecule has 0 radical (unpaired) electrons. The summed E-state index contributed by atoms with van der Waals surface area (Å²) in [5, 5.41) is 13.5. The van der Waals surface area contributed by atoms with Crippen molar-refractivity contribution >= 4 is 11.5 Å². The number of nitrogens with one attached hydrogen (secondary N) is 1. The van der Waals surface area contributed by atoms with Crippen molar-refractivity contribution in [2.75, 3.05) is 11.9 Å². The summed E-state index contributed by atoms with van der Waals surface area (Å²) in [7, 11) is 0. The van der Waals surface area contributed by atoms with Crippen LogP contribution in [0.15, 0.2) is 30.6 Å². The number of aromatic nitrogens is 2. The van der Waals surface area contributed by atoms with Crippen LogP contribution in [0.25, 0.3) is 0 Å². The highest BCUT2D eigenvalue weighted by atomic mass is 19.1. The Hall–Kier alpha value is -2.77. The Balaban J connectivity index is 2.01. The van der Waals surface area contributed by atoms with Crippen LogP contribution in [0, 0.1) is 15.9 Å². The lowest BCUT2D eigenvalue weighted by Gasteiger charge is -2.07. The van der Waals surface area contributed by atoms with Crippen molar-refractivity contribution in [3.8, 4) is 5.75 Å². The Morgan fingerprint density at radius 1 is 1.38 bits per heavy atom. The zero-order valence-electron chi connectivity index (χ0n) is 11.2. The van der Waals surface area contributed by atoms with Crippen LogP contribution in [-0.2, 0) is 6.61 Å². The second-order valence-electron chi connectivity index (χ2n) is 4.08. The Labute approximate surface area is 120 Å². The first-order valence-electron chi connectivity index (χ1n) is 6.21. The van der Waals surface area contributed by atoms with Gasteiger partial charge in [0.1, 0.15) is 12.4 Å². The van der Waals surface area contributed by atoms with Crippen LogP contribution in [0.1, 0.15) is 12.6 Å². The number of rotatable bonds is 6. The van der Waals surface area contributed by atoms with E-state index in [0.29, 0.717) is 11.5 Å². The number of benzene rings is 1. The third-order valence-electron chi connectivity index (χ3n) is 2.57. The lowest BCUT2D eigenvalue weighted by atomic mass is 10.3. The minimum Gasteiger partial charge on any atom is -0.484 e. The fourth-order valence-corrected chi connectivity index (χ4v) is 1.57. The molecule has 0 fully saturated rings. The van der Waals surface area contributed by atoms with E-state index in [2.05, 4.69) is 15.3 Å². The maximum atomic E-state index is 13.6. The summed E-state index contributed by atoms with van der Waals surface area (Å²) in [6.45, 7) is 2.70. The van der Waals surface area contributed by atoms with Gasteiger partial charge in [-0.15, -0.1) is 0 Å². The molecule has 0 saturated heterocycles. The zero-order valence-corrected chi connectivity index (χ0v) is 11.2. The second-order valence-corrected chi connectivity index (χ2v) is 4.08. The van der Waals surface area contributed by atoms with Gasteiger partial charge in [0.15, 0.2) is 11.6 Å². The first kappa shape index (κ1) is 14.6. The summed E-state index contributed by atoms with van der Waals surface area (Å²) in [6, 6.07) is 3.21. The van der Waals surface area contributed by atoms with Crippen molar-refractivity contribution in [1.82, 2.24) is 9.97 Å². The van der Waals surface area contributed by atoms with Crippen molar-refractivity contribution in [3.63, 3.8) is 0 Å². The summed E-state index contributed by atoms with van der Waals surface area (Å²) >= 11 is 0. The van der Waals surface area contributed by atoms with Gasteiger partial charge in [-0.25, -0.2) is 9.37 Å². The van der Waals surface area contributed by atoms with Crippen molar-refractivity contribution < 1.29 is 14.1 Å². The number of anilines is 1. The van der Waals surface area contributed by atoms with Gasteiger partial charge in [0.05, 0.1) is 29.1 Å². The molecule has 8 heteroatoms. The number of hydrogen-bond acceptors (Lipinski definition) is 6. The van der Waals surface area contributed by atoms with Crippen LogP contribution in [0.2, 0.25) is 0 Å². The van der Waals surface area contributed by atoms with Gasteiger partial charge in [0, 0.05) is 12.6 Å². The fourth-order valence-electron chi connectivity index (χ4n) is 1.57. The Kier molecular flexibility index (Phi) is 4.60. The number of halogens is 1. The van der Waals surface area contributed by atoms with Crippen LogP contribution < -0.4 is 10.1 Å². The Morgan fingerprint density at radius 2 is 2.19 bits per heavy atom. The number of nitrogens with zero attached hydrogens (tertiary/aromatic N) is 3. The van der Waals surface area contributed by atoms with Crippen LogP contribution in [0.3, 0.4) is 0 Å². The Bertz CT molecular complexity index is 634. The predicted molar refractivity (Wildman–Crippen MR) is 73.6 cm³/mol. The zero-order chi connectivity index (χ0) is 15.2. The van der Waals surface area contributed by atoms with E-state index in [1.165, 1.54) is 18.3 Å². The molecule has 21 heavy (non-hydrogen) atoms. The largest absolute Gasteiger partial charge is 0.484 e. The van der Waals surface area contributed by atoms with Crippen LogP contribution >= 0.6 is 0 Å².